The van der Waals surface area contributed by atoms with Gasteiger partial charge in [-0.3, -0.25) is 5.32 Å². The zero-order chi connectivity index (χ0) is 21.8. The Balaban J connectivity index is 1.46. The van der Waals surface area contributed by atoms with Crippen LogP contribution in [0.3, 0.4) is 0 Å². The second kappa shape index (κ2) is 9.76. The van der Waals surface area contributed by atoms with Gasteiger partial charge in [0.2, 0.25) is 5.95 Å². The molecule has 2 aromatic heterocycles. The van der Waals surface area contributed by atoms with Crippen LogP contribution in [0, 0.1) is 0 Å². The van der Waals surface area contributed by atoms with Gasteiger partial charge < -0.3 is 10.1 Å². The molecule has 3 aromatic rings. The number of halogens is 1. The largest absolute Gasteiger partial charge is 0.465 e. The molecule has 10 heteroatoms. The monoisotopic (exact) mass is 475 g/mol. The molecule has 7 nitrogen and oxygen atoms in total. The van der Waals surface area contributed by atoms with Crippen LogP contribution < -0.4 is 10.6 Å². The first kappa shape index (κ1) is 21.7. The molecular formula is C21H22ClN5O2S2. The Morgan fingerprint density at radius 3 is 2.87 bits per heavy atom. The molecule has 0 radical (unpaired) electrons. The summed E-state index contributed by atoms with van der Waals surface area (Å²) in [6, 6.07) is 7.60. The quantitative estimate of drug-likeness (QED) is 0.308. The number of hydrogen-bond acceptors (Lipinski definition) is 6. The number of thiophene rings is 1. The van der Waals surface area contributed by atoms with Gasteiger partial charge in [0.25, 0.3) is 0 Å². The van der Waals surface area contributed by atoms with Crippen LogP contribution in [0.5, 0.6) is 0 Å². The standard InChI is InChI=1S/C21H22ClN5O2S2/c1-29-19(28)17-14-8-3-2-4-10-16(14)31-18(17)24-21(30)25-20-23-12-27(26-20)11-13-7-5-6-9-15(13)22/h5-7,9,12H,2-4,8,10-11H2,1H3,(H2,24,25,26,30). The number of rotatable bonds is 5. The lowest BCUT2D eigenvalue weighted by molar-refractivity contribution is 0.0601. The number of benzene rings is 1. The van der Waals surface area contributed by atoms with Gasteiger partial charge in [-0.15, -0.1) is 16.4 Å². The first-order valence-corrected chi connectivity index (χ1v) is 11.6. The molecule has 0 bridgehead atoms. The second-order valence-electron chi connectivity index (χ2n) is 7.20. The molecule has 31 heavy (non-hydrogen) atoms. The van der Waals surface area contributed by atoms with Gasteiger partial charge in [0.1, 0.15) is 11.3 Å². The van der Waals surface area contributed by atoms with Gasteiger partial charge in [0.15, 0.2) is 5.11 Å². The van der Waals surface area contributed by atoms with E-state index in [4.69, 9.17) is 28.6 Å². The zero-order valence-electron chi connectivity index (χ0n) is 17.0. The fraction of sp³-hybridized carbons (Fsp3) is 0.333. The smallest absolute Gasteiger partial charge is 0.341 e. The van der Waals surface area contributed by atoms with E-state index in [0.29, 0.717) is 33.2 Å². The van der Waals surface area contributed by atoms with E-state index in [1.165, 1.54) is 18.4 Å². The third-order valence-corrected chi connectivity index (χ3v) is 6.87. The van der Waals surface area contributed by atoms with Crippen molar-refractivity contribution in [2.24, 2.45) is 0 Å². The number of carbonyl (C=O) groups excluding carboxylic acids is 1. The highest BCUT2D eigenvalue weighted by molar-refractivity contribution is 7.80. The first-order chi connectivity index (χ1) is 15.0. The molecule has 2 heterocycles. The summed E-state index contributed by atoms with van der Waals surface area (Å²) in [5.41, 5.74) is 2.62. The average Bonchev–Trinajstić information content (AvgIpc) is 3.25. The minimum absolute atomic E-state index is 0.317. The number of nitrogens with one attached hydrogen (secondary N) is 2. The molecule has 0 aliphatic heterocycles. The topological polar surface area (TPSA) is 81.1 Å². The van der Waals surface area contributed by atoms with Crippen LogP contribution in [0.4, 0.5) is 10.9 Å². The Kier molecular flexibility index (Phi) is 6.84. The number of anilines is 2. The molecule has 0 amide bonds. The van der Waals surface area contributed by atoms with E-state index >= 15 is 0 Å². The van der Waals surface area contributed by atoms with Crippen LogP contribution in [0.15, 0.2) is 30.6 Å². The highest BCUT2D eigenvalue weighted by Gasteiger charge is 2.25. The van der Waals surface area contributed by atoms with Gasteiger partial charge in [-0.25, -0.2) is 14.5 Å². The molecule has 1 aliphatic rings. The summed E-state index contributed by atoms with van der Waals surface area (Å²) in [6.45, 7) is 0.499. The molecule has 2 N–H and O–H groups in total. The predicted octanol–water partition coefficient (Wildman–Crippen LogP) is 4.91. The Morgan fingerprint density at radius 1 is 1.26 bits per heavy atom. The Bertz CT molecular complexity index is 1110. The van der Waals surface area contributed by atoms with Crippen molar-refractivity contribution in [1.82, 2.24) is 14.8 Å². The molecule has 0 spiro atoms. The fourth-order valence-corrected chi connectivity index (χ4v) is 5.35. The molecule has 0 fully saturated rings. The summed E-state index contributed by atoms with van der Waals surface area (Å²) in [5, 5.41) is 12.2. The van der Waals surface area contributed by atoms with Gasteiger partial charge in [0.05, 0.1) is 19.2 Å². The van der Waals surface area contributed by atoms with Crippen LogP contribution in [0.1, 0.15) is 45.6 Å². The first-order valence-electron chi connectivity index (χ1n) is 9.99. The molecule has 1 aromatic carbocycles. The normalized spacial score (nSPS) is 13.2. The number of aromatic nitrogens is 3. The number of ether oxygens (including phenoxy) is 1. The van der Waals surface area contributed by atoms with Crippen LogP contribution in [0.2, 0.25) is 5.02 Å². The van der Waals surface area contributed by atoms with E-state index in [1.807, 2.05) is 24.3 Å². The SMILES string of the molecule is COC(=O)c1c(NC(=S)Nc2ncn(Cc3ccccc3Cl)n2)sc2c1CCCCC2. The number of methoxy groups -OCH3 is 1. The lowest BCUT2D eigenvalue weighted by Crippen LogP contribution is -2.21. The van der Waals surface area contributed by atoms with Crippen LogP contribution in [-0.4, -0.2) is 33.0 Å². The van der Waals surface area contributed by atoms with Crippen molar-refractivity contribution in [3.05, 3.63) is 57.2 Å². The maximum Gasteiger partial charge on any atom is 0.341 e. The van der Waals surface area contributed by atoms with E-state index < -0.39 is 0 Å². The van der Waals surface area contributed by atoms with Gasteiger partial charge in [-0.05, 0) is 55.1 Å². The zero-order valence-corrected chi connectivity index (χ0v) is 19.4. The van der Waals surface area contributed by atoms with Crippen molar-refractivity contribution >= 4 is 57.2 Å². The average molecular weight is 476 g/mol. The van der Waals surface area contributed by atoms with Gasteiger partial charge in [-0.2, -0.15) is 0 Å². The molecule has 0 unspecified atom stereocenters. The molecule has 0 saturated carbocycles. The van der Waals surface area contributed by atoms with Crippen molar-refractivity contribution in [2.45, 2.75) is 38.6 Å². The van der Waals surface area contributed by atoms with E-state index in [2.05, 4.69) is 20.7 Å². The summed E-state index contributed by atoms with van der Waals surface area (Å²) in [5.74, 6) is 0.0223. The molecule has 0 saturated heterocycles. The van der Waals surface area contributed by atoms with E-state index in [1.54, 1.807) is 22.3 Å². The van der Waals surface area contributed by atoms with Gasteiger partial charge in [0, 0.05) is 9.90 Å². The summed E-state index contributed by atoms with van der Waals surface area (Å²) in [7, 11) is 1.40. The maximum atomic E-state index is 12.5. The number of hydrogen-bond donors (Lipinski definition) is 2. The predicted molar refractivity (Wildman–Crippen MR) is 127 cm³/mol. The number of nitrogens with zero attached hydrogens (tertiary/aromatic N) is 3. The lowest BCUT2D eigenvalue weighted by atomic mass is 10.1. The Hall–Kier alpha value is -2.49. The summed E-state index contributed by atoms with van der Waals surface area (Å²) >= 11 is 13.2. The molecule has 1 aliphatic carbocycles. The van der Waals surface area contributed by atoms with E-state index in [-0.39, 0.29) is 5.97 Å². The summed E-state index contributed by atoms with van der Waals surface area (Å²) < 4.78 is 6.72. The lowest BCUT2D eigenvalue weighted by Gasteiger charge is -2.09. The summed E-state index contributed by atoms with van der Waals surface area (Å²) in [4.78, 5) is 17.9. The number of aryl methyl sites for hydroxylation is 1. The van der Waals surface area contributed by atoms with Crippen molar-refractivity contribution < 1.29 is 9.53 Å². The molecule has 4 rings (SSSR count). The van der Waals surface area contributed by atoms with Crippen LogP contribution in [-0.2, 0) is 24.1 Å². The van der Waals surface area contributed by atoms with Gasteiger partial charge >= 0.3 is 5.97 Å². The van der Waals surface area contributed by atoms with Crippen molar-refractivity contribution in [3.63, 3.8) is 0 Å². The van der Waals surface area contributed by atoms with Crippen molar-refractivity contribution in [2.75, 3.05) is 17.7 Å². The van der Waals surface area contributed by atoms with Crippen LogP contribution >= 0.6 is 35.2 Å². The summed E-state index contributed by atoms with van der Waals surface area (Å²) in [6.07, 6.45) is 6.84. The number of fused-ring (bicyclic) bond motifs is 1. The third kappa shape index (κ3) is 5.06. The third-order valence-electron chi connectivity index (χ3n) is 5.09. The minimum atomic E-state index is -0.341. The fourth-order valence-electron chi connectivity index (χ4n) is 3.61. The van der Waals surface area contributed by atoms with Crippen molar-refractivity contribution in [3.8, 4) is 0 Å². The van der Waals surface area contributed by atoms with Crippen molar-refractivity contribution in [1.29, 1.82) is 0 Å². The number of carbonyl (C=O) groups is 1. The maximum absolute atomic E-state index is 12.5. The highest BCUT2D eigenvalue weighted by Crippen LogP contribution is 2.38. The number of esters is 1. The Morgan fingerprint density at radius 2 is 2.06 bits per heavy atom. The second-order valence-corrected chi connectivity index (χ2v) is 9.12. The highest BCUT2D eigenvalue weighted by atomic mass is 35.5. The molecule has 162 valence electrons. The number of thiocarbonyl (C=S) groups is 1. The molecular weight excluding hydrogens is 454 g/mol. The minimum Gasteiger partial charge on any atom is -0.465 e. The van der Waals surface area contributed by atoms with E-state index in [0.717, 1.165) is 36.8 Å². The van der Waals surface area contributed by atoms with Crippen LogP contribution in [0.25, 0.3) is 0 Å². The molecule has 0 atom stereocenters. The van der Waals surface area contributed by atoms with E-state index in [9.17, 15) is 4.79 Å². The Labute approximate surface area is 194 Å². The van der Waals surface area contributed by atoms with Gasteiger partial charge in [-0.1, -0.05) is 36.2 Å².